The van der Waals surface area contributed by atoms with Gasteiger partial charge in [-0.1, -0.05) is 18.2 Å². The molecular weight excluding hydrogens is 499 g/mol. The van der Waals surface area contributed by atoms with Gasteiger partial charge < -0.3 is 9.47 Å². The number of nitrogens with zero attached hydrogens (tertiary/aromatic N) is 4. The Morgan fingerprint density at radius 3 is 2.51 bits per heavy atom. The quantitative estimate of drug-likeness (QED) is 0.206. The highest BCUT2D eigenvalue weighted by Gasteiger charge is 2.35. The molecule has 0 unspecified atom stereocenters. The van der Waals surface area contributed by atoms with Gasteiger partial charge in [0.05, 0.1) is 12.3 Å². The summed E-state index contributed by atoms with van der Waals surface area (Å²) in [4.78, 5) is 27.5. The first-order valence-corrected chi connectivity index (χ1v) is 12.7. The predicted octanol–water partition coefficient (Wildman–Crippen LogP) is 5.10. The number of carbonyl (C=O) groups excluding carboxylic acids is 2. The number of amides is 2. The van der Waals surface area contributed by atoms with Gasteiger partial charge in [0.25, 0.3) is 11.8 Å². The number of hydrogen-bond acceptors (Lipinski definition) is 6. The number of nitriles is 1. The molecule has 0 fully saturated rings. The largest absolute Gasteiger partial charge is 0.491 e. The van der Waals surface area contributed by atoms with Crippen LogP contribution in [0.15, 0.2) is 71.4 Å². The fourth-order valence-corrected chi connectivity index (χ4v) is 4.31. The van der Waals surface area contributed by atoms with Crippen molar-refractivity contribution in [2.45, 2.75) is 27.2 Å². The van der Waals surface area contributed by atoms with Crippen LogP contribution in [0.25, 0.3) is 23.0 Å². The fourth-order valence-electron chi connectivity index (χ4n) is 4.31. The Morgan fingerprint density at radius 1 is 1.08 bits per heavy atom. The summed E-state index contributed by atoms with van der Waals surface area (Å²) in [7, 11) is 0. The molecule has 1 aromatic heterocycles. The highest BCUT2D eigenvalue weighted by atomic mass is 19.1. The number of para-hydroxylation sites is 1. The van der Waals surface area contributed by atoms with Crippen LogP contribution in [-0.2, 0) is 14.3 Å². The Bertz CT molecular complexity index is 1480. The maximum atomic E-state index is 14.8. The molecule has 2 aromatic carbocycles. The third-order valence-corrected chi connectivity index (χ3v) is 6.27. The monoisotopic (exact) mass is 528 g/mol. The van der Waals surface area contributed by atoms with E-state index in [9.17, 15) is 19.2 Å². The van der Waals surface area contributed by atoms with Crippen molar-refractivity contribution in [3.63, 3.8) is 0 Å². The van der Waals surface area contributed by atoms with E-state index in [0.717, 1.165) is 10.6 Å². The van der Waals surface area contributed by atoms with Gasteiger partial charge in [0.15, 0.2) is 11.6 Å². The lowest BCUT2D eigenvalue weighted by Crippen LogP contribution is -2.43. The minimum atomic E-state index is -0.623. The molecule has 1 aliphatic rings. The summed E-state index contributed by atoms with van der Waals surface area (Å²) >= 11 is 0. The molecule has 200 valence electrons. The van der Waals surface area contributed by atoms with Gasteiger partial charge in [-0.05, 0) is 69.2 Å². The van der Waals surface area contributed by atoms with Crippen molar-refractivity contribution in [3.8, 4) is 28.8 Å². The number of imide groups is 1. The average molecular weight is 529 g/mol. The normalized spacial score (nSPS) is 14.7. The first-order valence-electron chi connectivity index (χ1n) is 12.7. The van der Waals surface area contributed by atoms with Crippen LogP contribution in [0.1, 0.15) is 32.8 Å². The van der Waals surface area contributed by atoms with Crippen molar-refractivity contribution in [2.24, 2.45) is 0 Å². The molecule has 0 bridgehead atoms. The van der Waals surface area contributed by atoms with Crippen LogP contribution in [-0.4, -0.2) is 52.9 Å². The van der Waals surface area contributed by atoms with E-state index < -0.39 is 17.6 Å². The lowest BCUT2D eigenvalue weighted by molar-refractivity contribution is -0.140. The minimum Gasteiger partial charge on any atom is -0.491 e. The number of hydrogen-bond donors (Lipinski definition) is 0. The Morgan fingerprint density at radius 2 is 1.85 bits per heavy atom. The fraction of sp³-hybridized carbons (Fsp3) is 0.267. The van der Waals surface area contributed by atoms with E-state index in [-0.39, 0.29) is 29.0 Å². The van der Waals surface area contributed by atoms with Gasteiger partial charge >= 0.3 is 0 Å². The number of halogens is 1. The van der Waals surface area contributed by atoms with Crippen LogP contribution in [0.3, 0.4) is 0 Å². The molecule has 0 radical (unpaired) electrons. The van der Waals surface area contributed by atoms with Crippen molar-refractivity contribution in [3.05, 3.63) is 82.8 Å². The zero-order valence-electron chi connectivity index (χ0n) is 22.1. The van der Waals surface area contributed by atoms with Crippen molar-refractivity contribution >= 4 is 17.9 Å². The molecule has 2 amide bonds. The molecule has 0 N–H and O–H groups in total. The minimum absolute atomic E-state index is 0.0960. The van der Waals surface area contributed by atoms with Gasteiger partial charge in [-0.3, -0.25) is 14.5 Å². The van der Waals surface area contributed by atoms with Crippen molar-refractivity contribution in [2.75, 3.05) is 26.4 Å². The third-order valence-electron chi connectivity index (χ3n) is 6.27. The second-order valence-electron chi connectivity index (χ2n) is 8.77. The second kappa shape index (κ2) is 12.3. The van der Waals surface area contributed by atoms with Crippen molar-refractivity contribution in [1.82, 2.24) is 14.7 Å². The molecule has 0 saturated carbocycles. The Hall–Kier alpha value is -4.55. The van der Waals surface area contributed by atoms with E-state index in [1.807, 2.05) is 43.3 Å². The van der Waals surface area contributed by atoms with Gasteiger partial charge in [-0.15, -0.1) is 0 Å². The lowest BCUT2D eigenvalue weighted by Gasteiger charge is -2.27. The molecule has 0 spiro atoms. The molecule has 0 saturated heterocycles. The maximum absolute atomic E-state index is 14.8. The van der Waals surface area contributed by atoms with E-state index in [2.05, 4.69) is 0 Å². The van der Waals surface area contributed by atoms with Crippen LogP contribution in [0, 0.1) is 17.1 Å². The topological polar surface area (TPSA) is 97.5 Å². The van der Waals surface area contributed by atoms with Crippen LogP contribution in [0.2, 0.25) is 0 Å². The van der Waals surface area contributed by atoms with Crippen molar-refractivity contribution < 1.29 is 23.5 Å². The van der Waals surface area contributed by atoms with Crippen molar-refractivity contribution in [1.29, 1.82) is 5.26 Å². The van der Waals surface area contributed by atoms with Gasteiger partial charge in [-0.2, -0.15) is 10.4 Å². The number of benzene rings is 2. The lowest BCUT2D eigenvalue weighted by atomic mass is 9.93. The molecule has 2 heterocycles. The van der Waals surface area contributed by atoms with Gasteiger partial charge in [-0.25, -0.2) is 9.07 Å². The zero-order chi connectivity index (χ0) is 27.9. The Labute approximate surface area is 226 Å². The maximum Gasteiger partial charge on any atom is 0.271 e. The molecule has 1 aliphatic heterocycles. The van der Waals surface area contributed by atoms with Gasteiger partial charge in [0, 0.05) is 42.7 Å². The average Bonchev–Trinajstić information content (AvgIpc) is 3.36. The standard InChI is InChI=1S/C30H29FN4O4/c1-4-38-15-9-14-34-29(36)24(20(3)25(18-32)30(34)37)16-22-19-35(23-10-7-6-8-11-23)33-28(22)21-12-13-27(39-5-2)26(31)17-21/h6-8,10-13,16-17,19H,4-5,9,14-15H2,1-3H3/b24-16+. The first kappa shape index (κ1) is 27.5. The molecule has 0 atom stereocenters. The summed E-state index contributed by atoms with van der Waals surface area (Å²) < 4.78 is 27.1. The molecule has 8 nitrogen and oxygen atoms in total. The summed E-state index contributed by atoms with van der Waals surface area (Å²) in [5.41, 5.74) is 2.57. The Kier molecular flexibility index (Phi) is 8.69. The molecule has 4 rings (SSSR count). The van der Waals surface area contributed by atoms with Crippen LogP contribution < -0.4 is 4.74 Å². The van der Waals surface area contributed by atoms with E-state index >= 15 is 0 Å². The van der Waals surface area contributed by atoms with Crippen LogP contribution >= 0.6 is 0 Å². The summed E-state index contributed by atoms with van der Waals surface area (Å²) in [6, 6.07) is 15.9. The summed E-state index contributed by atoms with van der Waals surface area (Å²) in [6.07, 6.45) is 3.78. The molecule has 9 heteroatoms. The van der Waals surface area contributed by atoms with Crippen LogP contribution in [0.4, 0.5) is 4.39 Å². The summed E-state index contributed by atoms with van der Waals surface area (Å²) in [5.74, 6) is -1.54. The van der Waals surface area contributed by atoms with Gasteiger partial charge in [0.2, 0.25) is 0 Å². The highest BCUT2D eigenvalue weighted by Crippen LogP contribution is 2.32. The summed E-state index contributed by atoms with van der Waals surface area (Å²) in [6.45, 7) is 6.57. The zero-order valence-corrected chi connectivity index (χ0v) is 22.1. The Balaban J connectivity index is 1.83. The van der Waals surface area contributed by atoms with E-state index in [1.165, 1.54) is 12.1 Å². The van der Waals surface area contributed by atoms with E-state index in [0.29, 0.717) is 43.1 Å². The number of carbonyl (C=O) groups is 2. The first-order chi connectivity index (χ1) is 18.9. The molecule has 0 aliphatic carbocycles. The number of rotatable bonds is 10. The molecule has 3 aromatic rings. The third kappa shape index (κ3) is 5.81. The number of ether oxygens (including phenoxy) is 2. The second-order valence-corrected chi connectivity index (χ2v) is 8.77. The number of aromatic nitrogens is 2. The highest BCUT2D eigenvalue weighted by molar-refractivity contribution is 6.19. The predicted molar refractivity (Wildman–Crippen MR) is 144 cm³/mol. The van der Waals surface area contributed by atoms with Crippen LogP contribution in [0.5, 0.6) is 5.75 Å². The molecular formula is C30H29FN4O4. The smallest absolute Gasteiger partial charge is 0.271 e. The molecule has 39 heavy (non-hydrogen) atoms. The van der Waals surface area contributed by atoms with Gasteiger partial charge in [0.1, 0.15) is 17.3 Å². The van der Waals surface area contributed by atoms with E-state index in [1.54, 1.807) is 36.9 Å². The summed E-state index contributed by atoms with van der Waals surface area (Å²) in [5, 5.41) is 14.4. The van der Waals surface area contributed by atoms with E-state index in [4.69, 9.17) is 14.6 Å². The SMILES string of the molecule is CCOCCCN1C(=O)C(C#N)=C(C)/C(=C\c2cn(-c3ccccc3)nc2-c2ccc(OCC)c(F)c2)C1=O.